The molecule has 2 saturated heterocycles. The summed E-state index contributed by atoms with van der Waals surface area (Å²) in [6.07, 6.45) is 0.633. The van der Waals surface area contributed by atoms with Crippen LogP contribution in [0, 0.1) is 5.92 Å². The van der Waals surface area contributed by atoms with Crippen LogP contribution in [0.5, 0.6) is 0 Å². The second-order valence-corrected chi connectivity index (χ2v) is 5.32. The lowest BCUT2D eigenvalue weighted by atomic mass is 10.0. The second kappa shape index (κ2) is 5.91. The molecule has 0 aliphatic carbocycles. The molecule has 5 nitrogen and oxygen atoms in total. The fourth-order valence-corrected chi connectivity index (χ4v) is 2.73. The van der Waals surface area contributed by atoms with Crippen LogP contribution in [0.25, 0.3) is 0 Å². The highest BCUT2D eigenvalue weighted by molar-refractivity contribution is 5.93. The second-order valence-electron chi connectivity index (χ2n) is 5.32. The van der Waals surface area contributed by atoms with Gasteiger partial charge < -0.3 is 20.1 Å². The summed E-state index contributed by atoms with van der Waals surface area (Å²) in [6, 6.07) is 7.90. The van der Waals surface area contributed by atoms with Crippen molar-refractivity contribution in [3.63, 3.8) is 0 Å². The van der Waals surface area contributed by atoms with Crippen LogP contribution >= 0.6 is 0 Å². The van der Waals surface area contributed by atoms with Gasteiger partial charge in [0.2, 0.25) is 5.91 Å². The Morgan fingerprint density at radius 1 is 1.25 bits per heavy atom. The average molecular weight is 276 g/mol. The number of hydrogen-bond acceptors (Lipinski definition) is 4. The van der Waals surface area contributed by atoms with Gasteiger partial charge in [0.25, 0.3) is 0 Å². The van der Waals surface area contributed by atoms with Gasteiger partial charge >= 0.3 is 0 Å². The van der Waals surface area contributed by atoms with E-state index < -0.39 is 0 Å². The molecule has 2 unspecified atom stereocenters. The van der Waals surface area contributed by atoms with E-state index >= 15 is 0 Å². The zero-order chi connectivity index (χ0) is 13.9. The summed E-state index contributed by atoms with van der Waals surface area (Å²) < 4.78 is 10.9. The Labute approximate surface area is 118 Å². The van der Waals surface area contributed by atoms with Crippen LogP contribution in [0.15, 0.2) is 24.3 Å². The molecule has 2 aliphatic heterocycles. The molecule has 0 aromatic heterocycles. The van der Waals surface area contributed by atoms with Crippen LogP contribution < -0.4 is 10.6 Å². The predicted molar refractivity (Wildman–Crippen MR) is 75.3 cm³/mol. The maximum absolute atomic E-state index is 12.2. The number of carbonyl (C=O) groups is 1. The van der Waals surface area contributed by atoms with Gasteiger partial charge in [0, 0.05) is 17.3 Å². The molecule has 20 heavy (non-hydrogen) atoms. The van der Waals surface area contributed by atoms with Gasteiger partial charge in [-0.2, -0.15) is 0 Å². The standard InChI is InChI=1S/C15H20N2O3/c1-10-13(6-7-16-10)14(18)17-12-4-2-11(3-5-12)15-19-8-9-20-15/h2-5,10,13,15-16H,6-9H2,1H3,(H,17,18). The van der Waals surface area contributed by atoms with E-state index in [4.69, 9.17) is 9.47 Å². The van der Waals surface area contributed by atoms with Gasteiger partial charge in [-0.15, -0.1) is 0 Å². The zero-order valence-electron chi connectivity index (χ0n) is 11.6. The Morgan fingerprint density at radius 2 is 1.95 bits per heavy atom. The van der Waals surface area contributed by atoms with Crippen molar-refractivity contribution < 1.29 is 14.3 Å². The topological polar surface area (TPSA) is 59.6 Å². The van der Waals surface area contributed by atoms with E-state index in [2.05, 4.69) is 17.6 Å². The third kappa shape index (κ3) is 2.85. The zero-order valence-corrected chi connectivity index (χ0v) is 11.6. The molecule has 0 saturated carbocycles. The van der Waals surface area contributed by atoms with Crippen LogP contribution in [-0.4, -0.2) is 31.7 Å². The lowest BCUT2D eigenvalue weighted by Gasteiger charge is -2.15. The average Bonchev–Trinajstić information content (AvgIpc) is 3.10. The first-order valence-corrected chi connectivity index (χ1v) is 7.11. The molecule has 0 radical (unpaired) electrons. The molecule has 2 N–H and O–H groups in total. The SMILES string of the molecule is CC1NCCC1C(=O)Nc1ccc(C2OCCO2)cc1. The minimum Gasteiger partial charge on any atom is -0.346 e. The van der Waals surface area contributed by atoms with Gasteiger partial charge in [-0.25, -0.2) is 0 Å². The highest BCUT2D eigenvalue weighted by Crippen LogP contribution is 2.25. The Morgan fingerprint density at radius 3 is 2.55 bits per heavy atom. The number of carbonyl (C=O) groups excluding carboxylic acids is 1. The fraction of sp³-hybridized carbons (Fsp3) is 0.533. The number of hydrogen-bond donors (Lipinski definition) is 2. The molecule has 1 amide bonds. The molecule has 2 heterocycles. The van der Waals surface area contributed by atoms with Gasteiger partial charge in [0.15, 0.2) is 6.29 Å². The molecule has 2 aliphatic rings. The first-order valence-electron chi connectivity index (χ1n) is 7.11. The lowest BCUT2D eigenvalue weighted by Crippen LogP contribution is -2.32. The Kier molecular flexibility index (Phi) is 4.00. The molecule has 1 aromatic rings. The first kappa shape index (κ1) is 13.5. The molecule has 5 heteroatoms. The van der Waals surface area contributed by atoms with Crippen molar-refractivity contribution >= 4 is 11.6 Å². The number of ether oxygens (including phenoxy) is 2. The van der Waals surface area contributed by atoms with Crippen molar-refractivity contribution in [1.82, 2.24) is 5.32 Å². The van der Waals surface area contributed by atoms with Gasteiger partial charge in [0.05, 0.1) is 19.1 Å². The molecular weight excluding hydrogens is 256 g/mol. The molecule has 3 rings (SSSR count). The summed E-state index contributed by atoms with van der Waals surface area (Å²) in [7, 11) is 0. The van der Waals surface area contributed by atoms with Gasteiger partial charge in [-0.3, -0.25) is 4.79 Å². The molecule has 0 spiro atoms. The van der Waals surface area contributed by atoms with E-state index in [9.17, 15) is 4.79 Å². The van der Waals surface area contributed by atoms with Crippen LogP contribution in [0.2, 0.25) is 0 Å². The Bertz CT molecular complexity index is 469. The normalized spacial score (nSPS) is 26.9. The van der Waals surface area contributed by atoms with Gasteiger partial charge in [-0.05, 0) is 32.0 Å². The minimum absolute atomic E-state index is 0.0520. The van der Waals surface area contributed by atoms with Crippen LogP contribution in [0.1, 0.15) is 25.2 Å². The number of nitrogens with one attached hydrogen (secondary N) is 2. The van der Waals surface area contributed by atoms with Crippen molar-refractivity contribution in [2.24, 2.45) is 5.92 Å². The van der Waals surface area contributed by atoms with Crippen molar-refractivity contribution in [2.75, 3.05) is 25.1 Å². The van der Waals surface area contributed by atoms with E-state index in [1.807, 2.05) is 24.3 Å². The Balaban J connectivity index is 1.61. The van der Waals surface area contributed by atoms with Gasteiger partial charge in [-0.1, -0.05) is 12.1 Å². The summed E-state index contributed by atoms with van der Waals surface area (Å²) in [5, 5.41) is 6.26. The number of benzene rings is 1. The summed E-state index contributed by atoms with van der Waals surface area (Å²) in [4.78, 5) is 12.2. The highest BCUT2D eigenvalue weighted by atomic mass is 16.7. The fourth-order valence-electron chi connectivity index (χ4n) is 2.73. The molecule has 2 atom stereocenters. The molecule has 1 aromatic carbocycles. The minimum atomic E-state index is -0.265. The number of amides is 1. The van der Waals surface area contributed by atoms with Crippen molar-refractivity contribution in [3.05, 3.63) is 29.8 Å². The monoisotopic (exact) mass is 276 g/mol. The van der Waals surface area contributed by atoms with Crippen molar-refractivity contribution in [2.45, 2.75) is 25.7 Å². The number of rotatable bonds is 3. The summed E-state index contributed by atoms with van der Waals surface area (Å²) in [5.74, 6) is 0.139. The molecule has 2 fully saturated rings. The summed E-state index contributed by atoms with van der Waals surface area (Å²) in [5.41, 5.74) is 1.80. The Hall–Kier alpha value is -1.43. The maximum atomic E-state index is 12.2. The lowest BCUT2D eigenvalue weighted by molar-refractivity contribution is -0.119. The van der Waals surface area contributed by atoms with E-state index in [1.54, 1.807) is 0 Å². The molecular formula is C15H20N2O3. The first-order chi connectivity index (χ1) is 9.74. The molecule has 108 valence electrons. The van der Waals surface area contributed by atoms with E-state index in [0.717, 1.165) is 24.2 Å². The van der Waals surface area contributed by atoms with Crippen LogP contribution in [-0.2, 0) is 14.3 Å². The van der Waals surface area contributed by atoms with E-state index in [-0.39, 0.29) is 24.2 Å². The highest BCUT2D eigenvalue weighted by Gasteiger charge is 2.29. The molecule has 0 bridgehead atoms. The van der Waals surface area contributed by atoms with Crippen molar-refractivity contribution in [1.29, 1.82) is 0 Å². The predicted octanol–water partition coefficient (Wildman–Crippen LogP) is 1.67. The third-order valence-corrected chi connectivity index (χ3v) is 3.93. The largest absolute Gasteiger partial charge is 0.346 e. The maximum Gasteiger partial charge on any atom is 0.229 e. The van der Waals surface area contributed by atoms with Gasteiger partial charge in [0.1, 0.15) is 0 Å². The van der Waals surface area contributed by atoms with Crippen LogP contribution in [0.4, 0.5) is 5.69 Å². The summed E-state index contributed by atoms with van der Waals surface area (Å²) in [6.45, 7) is 4.23. The quantitative estimate of drug-likeness (QED) is 0.881. The van der Waals surface area contributed by atoms with E-state index in [0.29, 0.717) is 13.2 Å². The van der Waals surface area contributed by atoms with Crippen LogP contribution in [0.3, 0.4) is 0 Å². The summed E-state index contributed by atoms with van der Waals surface area (Å²) >= 11 is 0. The third-order valence-electron chi connectivity index (χ3n) is 3.93. The van der Waals surface area contributed by atoms with Crippen molar-refractivity contribution in [3.8, 4) is 0 Å². The number of anilines is 1. The van der Waals surface area contributed by atoms with E-state index in [1.165, 1.54) is 0 Å². The smallest absolute Gasteiger partial charge is 0.229 e.